The summed E-state index contributed by atoms with van der Waals surface area (Å²) in [6.45, 7) is 7.69. The molecule has 0 bridgehead atoms. The van der Waals surface area contributed by atoms with E-state index in [2.05, 4.69) is 10.4 Å². The molecule has 1 amide bonds. The van der Waals surface area contributed by atoms with Crippen LogP contribution in [-0.4, -0.2) is 20.3 Å². The van der Waals surface area contributed by atoms with Gasteiger partial charge >= 0.3 is 0 Å². The first-order valence-electron chi connectivity index (χ1n) is 10.3. The SMILES string of the molecule is Cc1ccc(NC(=O)C(C)n2c(=O)cc(-c3ccccc3)c3c(C)nn(C)c32)cc1C. The van der Waals surface area contributed by atoms with Gasteiger partial charge in [0, 0.05) is 24.2 Å². The highest BCUT2D eigenvalue weighted by atomic mass is 16.2. The number of rotatable bonds is 4. The van der Waals surface area contributed by atoms with E-state index in [4.69, 9.17) is 0 Å². The highest BCUT2D eigenvalue weighted by Gasteiger charge is 2.24. The fourth-order valence-electron chi connectivity index (χ4n) is 4.01. The number of anilines is 1. The molecule has 0 saturated heterocycles. The van der Waals surface area contributed by atoms with Crippen molar-refractivity contribution in [2.45, 2.75) is 33.7 Å². The van der Waals surface area contributed by atoms with E-state index in [0.717, 1.165) is 33.3 Å². The van der Waals surface area contributed by atoms with Crippen LogP contribution in [0.3, 0.4) is 0 Å². The zero-order valence-corrected chi connectivity index (χ0v) is 18.4. The van der Waals surface area contributed by atoms with Crippen LogP contribution in [0.25, 0.3) is 22.2 Å². The summed E-state index contributed by atoms with van der Waals surface area (Å²) in [6, 6.07) is 16.4. The molecule has 0 aliphatic rings. The number of hydrogen-bond acceptors (Lipinski definition) is 3. The van der Waals surface area contributed by atoms with Gasteiger partial charge < -0.3 is 5.32 Å². The van der Waals surface area contributed by atoms with Gasteiger partial charge in [0.05, 0.1) is 5.69 Å². The van der Waals surface area contributed by atoms with E-state index in [9.17, 15) is 9.59 Å². The fourth-order valence-corrected chi connectivity index (χ4v) is 4.01. The number of carbonyl (C=O) groups is 1. The Morgan fingerprint density at radius 1 is 1.00 bits per heavy atom. The molecule has 0 saturated carbocycles. The molecule has 158 valence electrons. The summed E-state index contributed by atoms with van der Waals surface area (Å²) in [7, 11) is 1.80. The van der Waals surface area contributed by atoms with Crippen molar-refractivity contribution < 1.29 is 4.79 Å². The van der Waals surface area contributed by atoms with Gasteiger partial charge in [-0.3, -0.25) is 18.8 Å². The van der Waals surface area contributed by atoms with Gasteiger partial charge in [0.1, 0.15) is 11.7 Å². The van der Waals surface area contributed by atoms with Gasteiger partial charge in [0.15, 0.2) is 0 Å². The summed E-state index contributed by atoms with van der Waals surface area (Å²) >= 11 is 0. The molecule has 1 atom stereocenters. The molecule has 4 rings (SSSR count). The lowest BCUT2D eigenvalue weighted by molar-refractivity contribution is -0.118. The minimum atomic E-state index is -0.712. The predicted octanol–water partition coefficient (Wildman–Crippen LogP) is 4.53. The number of benzene rings is 2. The molecule has 0 aliphatic carbocycles. The minimum Gasteiger partial charge on any atom is -0.324 e. The summed E-state index contributed by atoms with van der Waals surface area (Å²) in [5.74, 6) is -0.252. The number of carbonyl (C=O) groups excluding carboxylic acids is 1. The maximum absolute atomic E-state index is 13.2. The van der Waals surface area contributed by atoms with Crippen LogP contribution in [0.2, 0.25) is 0 Å². The Hall–Kier alpha value is -3.67. The van der Waals surface area contributed by atoms with Crippen molar-refractivity contribution in [2.24, 2.45) is 7.05 Å². The van der Waals surface area contributed by atoms with Crippen molar-refractivity contribution in [3.63, 3.8) is 0 Å². The zero-order valence-electron chi connectivity index (χ0n) is 18.4. The number of aryl methyl sites for hydroxylation is 4. The van der Waals surface area contributed by atoms with Crippen molar-refractivity contribution in [3.8, 4) is 11.1 Å². The first-order chi connectivity index (χ1) is 14.8. The summed E-state index contributed by atoms with van der Waals surface area (Å²) < 4.78 is 3.20. The molecular weight excluding hydrogens is 388 g/mol. The number of aromatic nitrogens is 3. The van der Waals surface area contributed by atoms with E-state index >= 15 is 0 Å². The Bertz CT molecular complexity index is 1350. The Labute approximate surface area is 181 Å². The standard InChI is InChI=1S/C25H26N4O2/c1-15-11-12-20(13-16(15)2)26-24(31)18(4)29-22(30)14-21(19-9-7-6-8-10-19)23-17(3)27-28(5)25(23)29/h6-14,18H,1-5H3,(H,26,31). The number of hydrogen-bond donors (Lipinski definition) is 1. The summed E-state index contributed by atoms with van der Waals surface area (Å²) in [5.41, 5.74) is 5.94. The summed E-state index contributed by atoms with van der Waals surface area (Å²) in [5, 5.41) is 8.37. The third-order valence-electron chi connectivity index (χ3n) is 5.82. The maximum atomic E-state index is 13.2. The number of amides is 1. The lowest BCUT2D eigenvalue weighted by atomic mass is 10.0. The quantitative estimate of drug-likeness (QED) is 0.534. The molecule has 1 N–H and O–H groups in total. The normalized spacial score (nSPS) is 12.2. The van der Waals surface area contributed by atoms with Gasteiger partial charge in [0.25, 0.3) is 5.56 Å². The van der Waals surface area contributed by atoms with Gasteiger partial charge in [0.2, 0.25) is 5.91 Å². The van der Waals surface area contributed by atoms with Gasteiger partial charge in [-0.1, -0.05) is 36.4 Å². The first-order valence-corrected chi connectivity index (χ1v) is 10.3. The second-order valence-electron chi connectivity index (χ2n) is 8.00. The third-order valence-corrected chi connectivity index (χ3v) is 5.82. The molecule has 1 unspecified atom stereocenters. The van der Waals surface area contributed by atoms with Crippen LogP contribution in [0.4, 0.5) is 5.69 Å². The first kappa shape index (κ1) is 20.6. The van der Waals surface area contributed by atoms with Crippen LogP contribution in [0.5, 0.6) is 0 Å². The van der Waals surface area contributed by atoms with Crippen LogP contribution in [0.15, 0.2) is 59.4 Å². The largest absolute Gasteiger partial charge is 0.324 e. The van der Waals surface area contributed by atoms with E-state index in [1.807, 2.05) is 69.3 Å². The van der Waals surface area contributed by atoms with Gasteiger partial charge in [-0.2, -0.15) is 5.10 Å². The lowest BCUT2D eigenvalue weighted by Crippen LogP contribution is -2.32. The second kappa shape index (κ2) is 7.87. The average molecular weight is 415 g/mol. The molecule has 6 nitrogen and oxygen atoms in total. The molecule has 0 spiro atoms. The number of fused-ring (bicyclic) bond motifs is 1. The minimum absolute atomic E-state index is 0.239. The molecule has 31 heavy (non-hydrogen) atoms. The van der Waals surface area contributed by atoms with Gasteiger partial charge in [-0.05, 0) is 62.1 Å². The van der Waals surface area contributed by atoms with Crippen molar-refractivity contribution in [3.05, 3.63) is 81.8 Å². The molecular formula is C25H26N4O2. The van der Waals surface area contributed by atoms with Crippen LogP contribution in [-0.2, 0) is 11.8 Å². The Morgan fingerprint density at radius 2 is 1.71 bits per heavy atom. The number of pyridine rings is 1. The summed E-state index contributed by atoms with van der Waals surface area (Å²) in [6.07, 6.45) is 0. The van der Waals surface area contributed by atoms with Crippen molar-refractivity contribution in [1.82, 2.24) is 14.3 Å². The highest BCUT2D eigenvalue weighted by Crippen LogP contribution is 2.30. The molecule has 0 aliphatic heterocycles. The number of nitrogens with zero attached hydrogens (tertiary/aromatic N) is 3. The fraction of sp³-hybridized carbons (Fsp3) is 0.240. The Balaban J connectivity index is 1.82. The molecule has 0 radical (unpaired) electrons. The molecule has 2 aromatic heterocycles. The van der Waals surface area contributed by atoms with Crippen molar-refractivity contribution in [2.75, 3.05) is 5.32 Å². The predicted molar refractivity (Wildman–Crippen MR) is 124 cm³/mol. The van der Waals surface area contributed by atoms with Crippen molar-refractivity contribution in [1.29, 1.82) is 0 Å². The molecule has 4 aromatic rings. The Kier molecular flexibility index (Phi) is 5.23. The monoisotopic (exact) mass is 414 g/mol. The summed E-state index contributed by atoms with van der Waals surface area (Å²) in [4.78, 5) is 26.3. The van der Waals surface area contributed by atoms with Crippen LogP contribution in [0.1, 0.15) is 29.8 Å². The van der Waals surface area contributed by atoms with E-state index in [1.165, 1.54) is 4.57 Å². The molecule has 2 heterocycles. The number of nitrogens with one attached hydrogen (secondary N) is 1. The van der Waals surface area contributed by atoms with E-state index in [1.54, 1.807) is 24.7 Å². The second-order valence-corrected chi connectivity index (χ2v) is 8.00. The third kappa shape index (κ3) is 3.65. The molecule has 2 aromatic carbocycles. The van der Waals surface area contributed by atoms with E-state index in [0.29, 0.717) is 11.3 Å². The van der Waals surface area contributed by atoms with Crippen LogP contribution < -0.4 is 10.9 Å². The topological polar surface area (TPSA) is 68.9 Å². The average Bonchev–Trinajstić information content (AvgIpc) is 3.04. The highest BCUT2D eigenvalue weighted by molar-refractivity contribution is 5.98. The Morgan fingerprint density at radius 3 is 2.39 bits per heavy atom. The van der Waals surface area contributed by atoms with Crippen LogP contribution in [0, 0.1) is 20.8 Å². The van der Waals surface area contributed by atoms with E-state index in [-0.39, 0.29) is 11.5 Å². The van der Waals surface area contributed by atoms with Crippen LogP contribution >= 0.6 is 0 Å². The smallest absolute Gasteiger partial charge is 0.253 e. The zero-order chi connectivity index (χ0) is 22.3. The van der Waals surface area contributed by atoms with Crippen molar-refractivity contribution >= 4 is 22.6 Å². The van der Waals surface area contributed by atoms with Gasteiger partial charge in [-0.25, -0.2) is 0 Å². The van der Waals surface area contributed by atoms with Gasteiger partial charge in [-0.15, -0.1) is 0 Å². The maximum Gasteiger partial charge on any atom is 0.253 e. The van der Waals surface area contributed by atoms with E-state index < -0.39 is 6.04 Å². The lowest BCUT2D eigenvalue weighted by Gasteiger charge is -2.19. The molecule has 6 heteroatoms. The molecule has 0 fully saturated rings.